The fourth-order valence-electron chi connectivity index (χ4n) is 4.14. The average molecular weight is 439 g/mol. The van der Waals surface area contributed by atoms with Crippen molar-refractivity contribution in [2.24, 2.45) is 5.92 Å². The minimum Gasteiger partial charge on any atom is -0.309 e. The molecule has 2 rings (SSSR count). The lowest BCUT2D eigenvalue weighted by Crippen LogP contribution is -2.55. The highest BCUT2D eigenvalue weighted by Crippen LogP contribution is 2.34. The van der Waals surface area contributed by atoms with Gasteiger partial charge in [-0.2, -0.15) is 0 Å². The first kappa shape index (κ1) is 29.6. The van der Waals surface area contributed by atoms with E-state index in [-0.39, 0.29) is 11.9 Å². The highest BCUT2D eigenvalue weighted by Gasteiger charge is 2.40. The second-order valence-electron chi connectivity index (χ2n) is 7.36. The molecule has 0 spiro atoms. The van der Waals surface area contributed by atoms with Crippen molar-refractivity contribution in [3.63, 3.8) is 0 Å². The van der Waals surface area contributed by atoms with Crippen molar-refractivity contribution >= 4 is 5.91 Å². The van der Waals surface area contributed by atoms with Gasteiger partial charge in [0, 0.05) is 37.8 Å². The fourth-order valence-corrected chi connectivity index (χ4v) is 4.14. The molecule has 2 aliphatic heterocycles. The summed E-state index contributed by atoms with van der Waals surface area (Å²) in [4.78, 5) is 17.3. The minimum absolute atomic E-state index is 0.222. The maximum Gasteiger partial charge on any atom is 0.227 e. The van der Waals surface area contributed by atoms with E-state index >= 15 is 0 Å². The minimum atomic E-state index is 0.222. The lowest BCUT2D eigenvalue weighted by Gasteiger charge is -2.47. The predicted molar refractivity (Wildman–Crippen MR) is 142 cm³/mol. The van der Waals surface area contributed by atoms with Crippen LogP contribution in [0.1, 0.15) is 60.3 Å². The van der Waals surface area contributed by atoms with E-state index < -0.39 is 0 Å². The van der Waals surface area contributed by atoms with Crippen molar-refractivity contribution in [3.05, 3.63) is 85.7 Å². The van der Waals surface area contributed by atoms with Crippen molar-refractivity contribution in [2.45, 2.75) is 66.3 Å². The molecule has 178 valence electrons. The molecular formula is C29H46N2O. The third-order valence-electron chi connectivity index (χ3n) is 5.56. The molecule has 3 heteroatoms. The van der Waals surface area contributed by atoms with Crippen LogP contribution < -0.4 is 0 Å². The summed E-state index contributed by atoms with van der Waals surface area (Å²) in [5.41, 5.74) is 2.19. The Bertz CT molecular complexity index is 696. The number of hydrogen-bond acceptors (Lipinski definition) is 2. The van der Waals surface area contributed by atoms with Crippen LogP contribution in [0.25, 0.3) is 0 Å². The number of rotatable bonds is 9. The second kappa shape index (κ2) is 18.2. The molecule has 0 N–H and O–H groups in total. The van der Waals surface area contributed by atoms with Crippen molar-refractivity contribution in [2.75, 3.05) is 19.6 Å². The van der Waals surface area contributed by atoms with E-state index in [9.17, 15) is 4.79 Å². The van der Waals surface area contributed by atoms with Crippen LogP contribution in [0.2, 0.25) is 0 Å². The Hall–Kier alpha value is -2.39. The van der Waals surface area contributed by atoms with E-state index in [4.69, 9.17) is 0 Å². The maximum absolute atomic E-state index is 12.7. The molecule has 1 amide bonds. The summed E-state index contributed by atoms with van der Waals surface area (Å²) in [6.07, 6.45) is 21.1. The van der Waals surface area contributed by atoms with E-state index in [0.717, 1.165) is 44.6 Å². The molecule has 2 aliphatic rings. The summed E-state index contributed by atoms with van der Waals surface area (Å²) >= 11 is 0. The van der Waals surface area contributed by atoms with Crippen LogP contribution in [-0.4, -0.2) is 41.4 Å². The first-order valence-corrected chi connectivity index (χ1v) is 12.2. The molecule has 2 saturated heterocycles. The Morgan fingerprint density at radius 2 is 1.75 bits per heavy atom. The van der Waals surface area contributed by atoms with Gasteiger partial charge in [-0.15, -0.1) is 0 Å². The van der Waals surface area contributed by atoms with Crippen LogP contribution in [0.5, 0.6) is 0 Å². The third kappa shape index (κ3) is 9.40. The van der Waals surface area contributed by atoms with E-state index in [1.165, 1.54) is 5.57 Å². The number of carbonyl (C=O) groups excluding carboxylic acids is 1. The van der Waals surface area contributed by atoms with Crippen LogP contribution in [-0.2, 0) is 4.79 Å². The van der Waals surface area contributed by atoms with Crippen molar-refractivity contribution in [3.8, 4) is 0 Å². The molecule has 3 nitrogen and oxygen atoms in total. The number of hydrogen-bond donors (Lipinski definition) is 0. The van der Waals surface area contributed by atoms with Crippen LogP contribution >= 0.6 is 0 Å². The number of amides is 1. The highest BCUT2D eigenvalue weighted by atomic mass is 16.2. The maximum atomic E-state index is 12.7. The number of nitrogens with zero attached hydrogens (tertiary/aromatic N) is 2. The van der Waals surface area contributed by atoms with E-state index in [2.05, 4.69) is 36.8 Å². The Labute approximate surface area is 198 Å². The second-order valence-corrected chi connectivity index (χ2v) is 7.36. The van der Waals surface area contributed by atoms with Gasteiger partial charge in [0.15, 0.2) is 0 Å². The molecule has 2 heterocycles. The Kier molecular flexibility index (Phi) is 16.8. The molecule has 2 fully saturated rings. The molecular weight excluding hydrogens is 392 g/mol. The number of carbonyl (C=O) groups is 1. The molecule has 0 aromatic carbocycles. The summed E-state index contributed by atoms with van der Waals surface area (Å²) in [7, 11) is 0. The molecule has 0 aliphatic carbocycles. The summed E-state index contributed by atoms with van der Waals surface area (Å²) in [6, 6.07) is 0.274. The predicted octanol–water partition coefficient (Wildman–Crippen LogP) is 7.24. The molecule has 2 atom stereocenters. The molecule has 32 heavy (non-hydrogen) atoms. The van der Waals surface area contributed by atoms with Crippen LogP contribution in [0.15, 0.2) is 85.7 Å². The van der Waals surface area contributed by atoms with Gasteiger partial charge in [0.1, 0.15) is 0 Å². The monoisotopic (exact) mass is 438 g/mol. The van der Waals surface area contributed by atoms with Gasteiger partial charge in [0.2, 0.25) is 5.91 Å². The Morgan fingerprint density at radius 1 is 1.03 bits per heavy atom. The van der Waals surface area contributed by atoms with E-state index in [1.807, 2.05) is 69.9 Å². The number of piperidine rings is 2. The van der Waals surface area contributed by atoms with Gasteiger partial charge in [0.05, 0.1) is 0 Å². The zero-order chi connectivity index (χ0) is 24.4. The first-order chi connectivity index (χ1) is 15.6. The van der Waals surface area contributed by atoms with E-state index in [0.29, 0.717) is 12.3 Å². The van der Waals surface area contributed by atoms with E-state index in [1.54, 1.807) is 12.2 Å². The SMILES string of the molecule is C=C/C=C\C(=C/C=C)N1C(=O)CCC2CN(CC/C(C=C)=C/C=C\C)CCC21.CC.CC. The van der Waals surface area contributed by atoms with Crippen LogP contribution in [0.4, 0.5) is 0 Å². The average Bonchev–Trinajstić information content (AvgIpc) is 2.84. The molecule has 0 aromatic heterocycles. The molecule has 0 bridgehead atoms. The number of likely N-dealkylation sites (tertiary alicyclic amines) is 2. The Morgan fingerprint density at radius 3 is 2.34 bits per heavy atom. The highest BCUT2D eigenvalue weighted by molar-refractivity contribution is 5.80. The summed E-state index contributed by atoms with van der Waals surface area (Å²) < 4.78 is 0. The third-order valence-corrected chi connectivity index (χ3v) is 5.56. The molecule has 2 unspecified atom stereocenters. The first-order valence-electron chi connectivity index (χ1n) is 12.2. The fraction of sp³-hybridized carbons (Fsp3) is 0.483. The van der Waals surface area contributed by atoms with Gasteiger partial charge in [0.25, 0.3) is 0 Å². The van der Waals surface area contributed by atoms with Gasteiger partial charge < -0.3 is 9.80 Å². The van der Waals surface area contributed by atoms with Crippen molar-refractivity contribution < 1.29 is 4.79 Å². The molecule has 0 saturated carbocycles. The smallest absolute Gasteiger partial charge is 0.227 e. The zero-order valence-electron chi connectivity index (χ0n) is 21.2. The van der Waals surface area contributed by atoms with Gasteiger partial charge in [-0.1, -0.05) is 90.0 Å². The van der Waals surface area contributed by atoms with Gasteiger partial charge in [-0.3, -0.25) is 4.79 Å². The summed E-state index contributed by atoms with van der Waals surface area (Å²) in [5, 5.41) is 0. The summed E-state index contributed by atoms with van der Waals surface area (Å²) in [6.45, 7) is 24.6. The Balaban J connectivity index is 0.00000227. The number of allylic oxidation sites excluding steroid dienone is 9. The molecule has 0 radical (unpaired) electrons. The summed E-state index contributed by atoms with van der Waals surface area (Å²) in [5.74, 6) is 0.739. The topological polar surface area (TPSA) is 23.6 Å². The normalized spacial score (nSPS) is 21.9. The largest absolute Gasteiger partial charge is 0.309 e. The lowest BCUT2D eigenvalue weighted by molar-refractivity contribution is -0.137. The van der Waals surface area contributed by atoms with Crippen LogP contribution in [0, 0.1) is 5.92 Å². The quantitative estimate of drug-likeness (QED) is 0.354. The zero-order valence-corrected chi connectivity index (χ0v) is 21.2. The van der Waals surface area contributed by atoms with Gasteiger partial charge in [-0.05, 0) is 49.8 Å². The van der Waals surface area contributed by atoms with Crippen LogP contribution in [0.3, 0.4) is 0 Å². The van der Waals surface area contributed by atoms with Gasteiger partial charge >= 0.3 is 0 Å². The lowest BCUT2D eigenvalue weighted by atomic mass is 9.83. The number of fused-ring (bicyclic) bond motifs is 1. The standard InChI is InChI=1S/C25H34N2O.2C2H6/c1-5-9-12-21(8-4)16-18-26-19-17-24-22(20-26)14-15-25(28)27(24)23(11-7-3)13-10-6-2;2*1-2/h5-13,22,24H,2-4,14-20H2,1H3;2*1-2H3/b9-5-,13-10-,21-12+,23-11+;;. The van der Waals surface area contributed by atoms with Crippen molar-refractivity contribution in [1.82, 2.24) is 9.80 Å². The van der Waals surface area contributed by atoms with Gasteiger partial charge in [-0.25, -0.2) is 0 Å². The van der Waals surface area contributed by atoms with Crippen molar-refractivity contribution in [1.29, 1.82) is 0 Å². The molecule has 0 aromatic rings.